The van der Waals surface area contributed by atoms with Crippen LogP contribution in [0, 0.1) is 17.5 Å². The van der Waals surface area contributed by atoms with Crippen molar-refractivity contribution in [3.63, 3.8) is 0 Å². The molecule has 156 valence electrons. The minimum absolute atomic E-state index is 0.0353. The molecule has 30 heavy (non-hydrogen) atoms. The molecule has 0 spiro atoms. The van der Waals surface area contributed by atoms with E-state index >= 15 is 0 Å². The van der Waals surface area contributed by atoms with Crippen molar-refractivity contribution in [3.8, 4) is 5.75 Å². The lowest BCUT2D eigenvalue weighted by molar-refractivity contribution is -0.147. The average Bonchev–Trinajstić information content (AvgIpc) is 3.13. The lowest BCUT2D eigenvalue weighted by atomic mass is 10.1. The second-order valence-electron chi connectivity index (χ2n) is 6.47. The van der Waals surface area contributed by atoms with Gasteiger partial charge in [-0.15, -0.1) is 11.3 Å². The van der Waals surface area contributed by atoms with Crippen LogP contribution in [0.4, 0.5) is 18.9 Å². The summed E-state index contributed by atoms with van der Waals surface area (Å²) < 4.78 is 52.1. The molecule has 0 N–H and O–H groups in total. The first kappa shape index (κ1) is 20.1. The third kappa shape index (κ3) is 3.70. The lowest BCUT2D eigenvalue weighted by Gasteiger charge is -2.33. The van der Waals surface area contributed by atoms with Crippen molar-refractivity contribution in [3.05, 3.63) is 52.8 Å². The van der Waals surface area contributed by atoms with Crippen molar-refractivity contribution < 1.29 is 32.2 Å². The van der Waals surface area contributed by atoms with E-state index in [4.69, 9.17) is 9.47 Å². The number of fused-ring (bicyclic) bond motifs is 2. The summed E-state index contributed by atoms with van der Waals surface area (Å²) in [7, 11) is 0. The largest absolute Gasteiger partial charge is 0.478 e. The van der Waals surface area contributed by atoms with Crippen LogP contribution in [0.15, 0.2) is 30.3 Å². The number of amides is 1. The van der Waals surface area contributed by atoms with Gasteiger partial charge in [-0.05, 0) is 31.2 Å². The molecule has 2 heterocycles. The molecule has 4 rings (SSSR count). The van der Waals surface area contributed by atoms with Crippen LogP contribution in [0.5, 0.6) is 5.75 Å². The van der Waals surface area contributed by atoms with Crippen molar-refractivity contribution in [2.45, 2.75) is 26.0 Å². The average molecular weight is 436 g/mol. The molecule has 0 saturated heterocycles. The molecular formula is C20H15F3N2O4S. The first-order chi connectivity index (χ1) is 14.4. The summed E-state index contributed by atoms with van der Waals surface area (Å²) in [5.74, 6) is -3.01. The van der Waals surface area contributed by atoms with Crippen LogP contribution in [-0.2, 0) is 20.9 Å². The van der Waals surface area contributed by atoms with E-state index in [2.05, 4.69) is 4.98 Å². The second kappa shape index (κ2) is 7.94. The Morgan fingerprint density at radius 3 is 2.73 bits per heavy atom. The predicted octanol–water partition coefficient (Wildman–Crippen LogP) is 3.96. The van der Waals surface area contributed by atoms with Gasteiger partial charge in [-0.1, -0.05) is 0 Å². The van der Waals surface area contributed by atoms with Gasteiger partial charge < -0.3 is 9.47 Å². The molecule has 1 atom stereocenters. The number of aromatic nitrogens is 1. The van der Waals surface area contributed by atoms with E-state index in [0.717, 1.165) is 35.6 Å². The summed E-state index contributed by atoms with van der Waals surface area (Å²) in [6.45, 7) is 1.64. The summed E-state index contributed by atoms with van der Waals surface area (Å²) in [6, 6.07) is 5.61. The Morgan fingerprint density at radius 1 is 1.23 bits per heavy atom. The summed E-state index contributed by atoms with van der Waals surface area (Å²) in [4.78, 5) is 30.2. The van der Waals surface area contributed by atoms with Crippen LogP contribution in [-0.4, -0.2) is 29.6 Å². The number of carbonyl (C=O) groups is 2. The van der Waals surface area contributed by atoms with E-state index in [-0.39, 0.29) is 46.2 Å². The van der Waals surface area contributed by atoms with Crippen LogP contribution < -0.4 is 9.64 Å². The Labute approximate surface area is 172 Å². The van der Waals surface area contributed by atoms with Crippen molar-refractivity contribution >= 4 is 39.1 Å². The summed E-state index contributed by atoms with van der Waals surface area (Å²) in [5.41, 5.74) is 0.139. The molecule has 0 bridgehead atoms. The van der Waals surface area contributed by atoms with Crippen LogP contribution in [0.3, 0.4) is 0 Å². The molecule has 1 aromatic heterocycles. The maximum absolute atomic E-state index is 14.0. The molecule has 2 aromatic carbocycles. The summed E-state index contributed by atoms with van der Waals surface area (Å²) >= 11 is 0.908. The van der Waals surface area contributed by atoms with Crippen molar-refractivity contribution in [1.82, 2.24) is 4.98 Å². The SMILES string of the molecule is CCOC(=O)CC1Oc2cc(F)ccc2N(Cc2nc3c(F)ccc(F)c3s2)C1=O. The maximum atomic E-state index is 14.0. The third-order valence-corrected chi connectivity index (χ3v) is 5.51. The van der Waals surface area contributed by atoms with Crippen molar-refractivity contribution in [2.24, 2.45) is 0 Å². The number of halogens is 3. The highest BCUT2D eigenvalue weighted by atomic mass is 32.1. The minimum Gasteiger partial charge on any atom is -0.478 e. The number of thiazole rings is 1. The number of benzene rings is 2. The highest BCUT2D eigenvalue weighted by molar-refractivity contribution is 7.18. The molecule has 10 heteroatoms. The topological polar surface area (TPSA) is 68.7 Å². The fraction of sp³-hybridized carbons (Fsp3) is 0.250. The molecule has 0 saturated carbocycles. The highest BCUT2D eigenvalue weighted by Crippen LogP contribution is 2.37. The van der Waals surface area contributed by atoms with Gasteiger partial charge in [0, 0.05) is 6.07 Å². The maximum Gasteiger partial charge on any atom is 0.310 e. The zero-order chi connectivity index (χ0) is 21.4. The van der Waals surface area contributed by atoms with E-state index in [1.54, 1.807) is 6.92 Å². The number of ether oxygens (including phenoxy) is 2. The van der Waals surface area contributed by atoms with E-state index in [0.29, 0.717) is 0 Å². The molecule has 1 aliphatic heterocycles. The Kier molecular flexibility index (Phi) is 5.33. The van der Waals surface area contributed by atoms with Gasteiger partial charge >= 0.3 is 5.97 Å². The molecular weight excluding hydrogens is 421 g/mol. The van der Waals surface area contributed by atoms with Crippen LogP contribution in [0.1, 0.15) is 18.4 Å². The Morgan fingerprint density at radius 2 is 2.00 bits per heavy atom. The normalized spacial score (nSPS) is 15.8. The Bertz CT molecular complexity index is 1110. The first-order valence-corrected chi connectivity index (χ1v) is 9.85. The Hall–Kier alpha value is -3.14. The van der Waals surface area contributed by atoms with Gasteiger partial charge in [0.2, 0.25) is 0 Å². The van der Waals surface area contributed by atoms with Gasteiger partial charge in [0.15, 0.2) is 11.9 Å². The lowest BCUT2D eigenvalue weighted by Crippen LogP contribution is -2.46. The molecule has 6 nitrogen and oxygen atoms in total. The first-order valence-electron chi connectivity index (χ1n) is 9.04. The van der Waals surface area contributed by atoms with Gasteiger partial charge in [0.25, 0.3) is 5.91 Å². The van der Waals surface area contributed by atoms with Crippen LogP contribution in [0.2, 0.25) is 0 Å². The summed E-state index contributed by atoms with van der Waals surface area (Å²) in [5, 5.41) is 0.273. The monoisotopic (exact) mass is 436 g/mol. The van der Waals surface area contributed by atoms with E-state index in [1.165, 1.54) is 11.0 Å². The van der Waals surface area contributed by atoms with Crippen molar-refractivity contribution in [2.75, 3.05) is 11.5 Å². The molecule has 0 radical (unpaired) electrons. The molecule has 1 unspecified atom stereocenters. The molecule has 1 amide bonds. The zero-order valence-corrected chi connectivity index (χ0v) is 16.5. The number of carbonyl (C=O) groups excluding carboxylic acids is 2. The standard InChI is InChI=1S/C20H15F3N2O4S/c1-2-28-17(26)8-15-20(27)25(13-6-3-10(21)7-14(13)29-15)9-16-24-18-11(22)4-5-12(23)19(18)30-16/h3-7,15H,2,8-9H2,1H3. The molecule has 0 aliphatic carbocycles. The fourth-order valence-electron chi connectivity index (χ4n) is 3.16. The number of anilines is 1. The van der Waals surface area contributed by atoms with Crippen LogP contribution in [0.25, 0.3) is 10.2 Å². The van der Waals surface area contributed by atoms with Gasteiger partial charge in [-0.3, -0.25) is 14.5 Å². The zero-order valence-electron chi connectivity index (χ0n) is 15.7. The number of nitrogens with zero attached hydrogens (tertiary/aromatic N) is 2. The number of esters is 1. The number of hydrogen-bond acceptors (Lipinski definition) is 6. The quantitative estimate of drug-likeness (QED) is 0.567. The molecule has 1 aliphatic rings. The number of hydrogen-bond donors (Lipinski definition) is 0. The second-order valence-corrected chi connectivity index (χ2v) is 7.55. The highest BCUT2D eigenvalue weighted by Gasteiger charge is 2.37. The van der Waals surface area contributed by atoms with Crippen LogP contribution >= 0.6 is 11.3 Å². The summed E-state index contributed by atoms with van der Waals surface area (Å²) in [6.07, 6.45) is -1.58. The van der Waals surface area contributed by atoms with Gasteiger partial charge in [0.1, 0.15) is 27.9 Å². The van der Waals surface area contributed by atoms with Crippen molar-refractivity contribution in [1.29, 1.82) is 0 Å². The molecule has 3 aromatic rings. The van der Waals surface area contributed by atoms with E-state index < -0.39 is 35.4 Å². The van der Waals surface area contributed by atoms with Gasteiger partial charge in [0.05, 0.1) is 30.0 Å². The van der Waals surface area contributed by atoms with E-state index in [9.17, 15) is 22.8 Å². The fourth-order valence-corrected chi connectivity index (χ4v) is 4.13. The smallest absolute Gasteiger partial charge is 0.310 e. The van der Waals surface area contributed by atoms with Gasteiger partial charge in [-0.2, -0.15) is 0 Å². The predicted molar refractivity (Wildman–Crippen MR) is 103 cm³/mol. The number of rotatable bonds is 5. The van der Waals surface area contributed by atoms with Gasteiger partial charge in [-0.25, -0.2) is 18.2 Å². The third-order valence-electron chi connectivity index (χ3n) is 4.46. The molecule has 0 fully saturated rings. The Balaban J connectivity index is 1.70. The van der Waals surface area contributed by atoms with E-state index in [1.807, 2.05) is 0 Å². The minimum atomic E-state index is -1.22.